The summed E-state index contributed by atoms with van der Waals surface area (Å²) < 4.78 is 5.95. The van der Waals surface area contributed by atoms with Crippen LogP contribution in [0.25, 0.3) is 27.2 Å². The molecule has 0 spiro atoms. The molecule has 0 radical (unpaired) electrons. The van der Waals surface area contributed by atoms with Crippen molar-refractivity contribution in [1.29, 1.82) is 0 Å². The highest BCUT2D eigenvalue weighted by atomic mass is 32.1. The van der Waals surface area contributed by atoms with E-state index in [1.165, 1.54) is 11.3 Å². The molecular weight excluding hydrogens is 366 g/mol. The lowest BCUT2D eigenvalue weighted by Crippen LogP contribution is -2.22. The molecule has 4 rings (SSSR count). The molecule has 0 aliphatic carbocycles. The van der Waals surface area contributed by atoms with Crippen molar-refractivity contribution in [1.82, 2.24) is 14.6 Å². The van der Waals surface area contributed by atoms with Gasteiger partial charge in [0.15, 0.2) is 5.56 Å². The van der Waals surface area contributed by atoms with Gasteiger partial charge in [-0.3, -0.25) is 4.79 Å². The number of aromatic nitrogens is 3. The number of hydrogen-bond donors (Lipinski definition) is 2. The first-order chi connectivity index (χ1) is 13.1. The van der Waals surface area contributed by atoms with Crippen LogP contribution in [0.5, 0.6) is 5.88 Å². The Bertz CT molecular complexity index is 1190. The van der Waals surface area contributed by atoms with E-state index in [1.54, 1.807) is 13.1 Å². The maximum atomic E-state index is 12.3. The van der Waals surface area contributed by atoms with E-state index in [9.17, 15) is 14.7 Å². The number of benzene rings is 1. The third-order valence-electron chi connectivity index (χ3n) is 4.10. The number of fused-ring (bicyclic) bond motifs is 1. The average Bonchev–Trinajstić information content (AvgIpc) is 3.29. The molecule has 7 nitrogen and oxygen atoms in total. The lowest BCUT2D eigenvalue weighted by atomic mass is 10.1. The Kier molecular flexibility index (Phi) is 4.25. The molecule has 0 aliphatic heterocycles. The number of aromatic hydroxyl groups is 1. The van der Waals surface area contributed by atoms with Gasteiger partial charge in [-0.15, -0.1) is 11.3 Å². The highest BCUT2D eigenvalue weighted by molar-refractivity contribution is 7.14. The van der Waals surface area contributed by atoms with E-state index in [0.29, 0.717) is 11.2 Å². The maximum absolute atomic E-state index is 12.3. The van der Waals surface area contributed by atoms with Gasteiger partial charge in [0.05, 0.1) is 18.4 Å². The SMILES string of the molecule is CCOC(=O)c1c(O)n2ncc(-c3cc(-c4ccccc4)cs3)c2[nH]c1=O. The standard InChI is InChI=1S/C19H15N3O4S/c1-2-26-19(25)15-17(23)21-16-13(9-20-22(16)18(15)24)14-8-12(10-27-14)11-6-4-3-5-7-11/h3-10,24H,2H2,1H3,(H,21,23). The van der Waals surface area contributed by atoms with Gasteiger partial charge in [0.2, 0.25) is 5.88 Å². The van der Waals surface area contributed by atoms with Crippen LogP contribution in [0.2, 0.25) is 0 Å². The molecule has 136 valence electrons. The lowest BCUT2D eigenvalue weighted by molar-refractivity contribution is 0.0519. The van der Waals surface area contributed by atoms with Crippen LogP contribution in [0.3, 0.4) is 0 Å². The van der Waals surface area contributed by atoms with Crippen LogP contribution in [0.4, 0.5) is 0 Å². The summed E-state index contributed by atoms with van der Waals surface area (Å²) in [6.07, 6.45) is 1.54. The first kappa shape index (κ1) is 17.0. The molecule has 0 fully saturated rings. The zero-order valence-electron chi connectivity index (χ0n) is 14.3. The molecule has 4 aromatic rings. The molecule has 0 bridgehead atoms. The quantitative estimate of drug-likeness (QED) is 0.529. The van der Waals surface area contributed by atoms with Gasteiger partial charge in [-0.2, -0.15) is 9.61 Å². The minimum atomic E-state index is -0.891. The third-order valence-corrected chi connectivity index (χ3v) is 5.07. The molecule has 8 heteroatoms. The highest BCUT2D eigenvalue weighted by Crippen LogP contribution is 2.34. The monoisotopic (exact) mass is 381 g/mol. The zero-order valence-corrected chi connectivity index (χ0v) is 15.1. The van der Waals surface area contributed by atoms with Gasteiger partial charge in [-0.25, -0.2) is 4.79 Å². The summed E-state index contributed by atoms with van der Waals surface area (Å²) in [6.45, 7) is 1.71. The second kappa shape index (κ2) is 6.73. The van der Waals surface area contributed by atoms with Crippen LogP contribution in [0.1, 0.15) is 17.3 Å². The minimum absolute atomic E-state index is 0.0948. The molecular formula is C19H15N3O4S. The fraction of sp³-hybridized carbons (Fsp3) is 0.105. The number of thiophene rings is 1. The van der Waals surface area contributed by atoms with Gasteiger partial charge in [-0.1, -0.05) is 30.3 Å². The molecule has 0 atom stereocenters. The van der Waals surface area contributed by atoms with Crippen LogP contribution >= 0.6 is 11.3 Å². The van der Waals surface area contributed by atoms with E-state index in [4.69, 9.17) is 4.74 Å². The van der Waals surface area contributed by atoms with Crippen molar-refractivity contribution in [2.24, 2.45) is 0 Å². The van der Waals surface area contributed by atoms with E-state index in [1.807, 2.05) is 41.8 Å². The zero-order chi connectivity index (χ0) is 19.0. The van der Waals surface area contributed by atoms with E-state index in [0.717, 1.165) is 20.5 Å². The van der Waals surface area contributed by atoms with Crippen molar-refractivity contribution < 1.29 is 14.6 Å². The third kappa shape index (κ3) is 2.89. The van der Waals surface area contributed by atoms with Gasteiger partial charge in [0, 0.05) is 4.88 Å². The van der Waals surface area contributed by atoms with Gasteiger partial charge >= 0.3 is 5.97 Å². The molecule has 0 aliphatic rings. The molecule has 0 amide bonds. The Morgan fingerprint density at radius 1 is 1.30 bits per heavy atom. The highest BCUT2D eigenvalue weighted by Gasteiger charge is 2.23. The van der Waals surface area contributed by atoms with E-state index < -0.39 is 23.0 Å². The first-order valence-electron chi connectivity index (χ1n) is 8.24. The number of nitrogens with one attached hydrogen (secondary N) is 1. The molecule has 3 heterocycles. The largest absolute Gasteiger partial charge is 0.492 e. The summed E-state index contributed by atoms with van der Waals surface area (Å²) in [5, 5.41) is 16.5. The Labute approximate surface area is 157 Å². The molecule has 1 aromatic carbocycles. The van der Waals surface area contributed by atoms with Crippen LogP contribution in [0.15, 0.2) is 52.8 Å². The van der Waals surface area contributed by atoms with Gasteiger partial charge < -0.3 is 14.8 Å². The second-order valence-electron chi connectivity index (χ2n) is 5.76. The van der Waals surface area contributed by atoms with Crippen molar-refractivity contribution in [2.45, 2.75) is 6.92 Å². The minimum Gasteiger partial charge on any atom is -0.492 e. The summed E-state index contributed by atoms with van der Waals surface area (Å²) in [6, 6.07) is 11.9. The summed E-state index contributed by atoms with van der Waals surface area (Å²) >= 11 is 1.50. The molecule has 27 heavy (non-hydrogen) atoms. The fourth-order valence-corrected chi connectivity index (χ4v) is 3.76. The van der Waals surface area contributed by atoms with Crippen molar-refractivity contribution in [3.05, 3.63) is 63.9 Å². The Hall–Kier alpha value is -3.39. The van der Waals surface area contributed by atoms with Crippen LogP contribution in [-0.2, 0) is 4.74 Å². The predicted molar refractivity (Wildman–Crippen MR) is 102 cm³/mol. The molecule has 0 unspecified atom stereocenters. The van der Waals surface area contributed by atoms with E-state index in [2.05, 4.69) is 10.1 Å². The summed E-state index contributed by atoms with van der Waals surface area (Å²) in [5.74, 6) is -1.43. The Morgan fingerprint density at radius 2 is 2.07 bits per heavy atom. The molecule has 2 N–H and O–H groups in total. The lowest BCUT2D eigenvalue weighted by Gasteiger charge is -2.05. The van der Waals surface area contributed by atoms with Crippen molar-refractivity contribution in [3.8, 4) is 27.4 Å². The smallest absolute Gasteiger partial charge is 0.349 e. The van der Waals surface area contributed by atoms with Gasteiger partial charge in [0.1, 0.15) is 5.65 Å². The number of rotatable bonds is 4. The van der Waals surface area contributed by atoms with Crippen LogP contribution in [-0.4, -0.2) is 32.3 Å². The number of esters is 1. The molecule has 0 saturated heterocycles. The number of hydrogen-bond acceptors (Lipinski definition) is 6. The summed E-state index contributed by atoms with van der Waals surface area (Å²) in [7, 11) is 0. The molecule has 0 saturated carbocycles. The normalized spacial score (nSPS) is 11.0. The summed E-state index contributed by atoms with van der Waals surface area (Å²) in [5.41, 5.74) is 1.91. The van der Waals surface area contributed by atoms with Crippen molar-refractivity contribution in [3.63, 3.8) is 0 Å². The fourth-order valence-electron chi connectivity index (χ4n) is 2.83. The number of H-pyrrole nitrogens is 1. The second-order valence-corrected chi connectivity index (χ2v) is 6.67. The Balaban J connectivity index is 1.82. The average molecular weight is 381 g/mol. The summed E-state index contributed by atoms with van der Waals surface area (Å²) in [4.78, 5) is 27.8. The van der Waals surface area contributed by atoms with Gasteiger partial charge in [0.25, 0.3) is 5.56 Å². The maximum Gasteiger partial charge on any atom is 0.349 e. The number of carbonyl (C=O) groups excluding carboxylic acids is 1. The van der Waals surface area contributed by atoms with Crippen molar-refractivity contribution >= 4 is 23.0 Å². The number of aromatic amines is 1. The number of carbonyl (C=O) groups is 1. The van der Waals surface area contributed by atoms with Gasteiger partial charge in [-0.05, 0) is 29.5 Å². The first-order valence-corrected chi connectivity index (χ1v) is 9.12. The Morgan fingerprint density at radius 3 is 2.81 bits per heavy atom. The van der Waals surface area contributed by atoms with Crippen molar-refractivity contribution in [2.75, 3.05) is 6.61 Å². The molecule has 3 aromatic heterocycles. The van der Waals surface area contributed by atoms with Crippen LogP contribution < -0.4 is 5.56 Å². The topological polar surface area (TPSA) is 96.7 Å². The van der Waals surface area contributed by atoms with Crippen LogP contribution in [0, 0.1) is 0 Å². The van der Waals surface area contributed by atoms with E-state index >= 15 is 0 Å². The van der Waals surface area contributed by atoms with E-state index in [-0.39, 0.29) is 6.61 Å². The predicted octanol–water partition coefficient (Wildman–Crippen LogP) is 3.30. The number of nitrogens with zero attached hydrogens (tertiary/aromatic N) is 2. The number of ether oxygens (including phenoxy) is 1.